The van der Waals surface area contributed by atoms with Crippen molar-refractivity contribution in [1.82, 2.24) is 10.6 Å². The Balaban J connectivity index is 2.81. The van der Waals surface area contributed by atoms with Crippen molar-refractivity contribution in [2.45, 2.75) is 13.0 Å². The van der Waals surface area contributed by atoms with Gasteiger partial charge in [0.25, 0.3) is 0 Å². The van der Waals surface area contributed by atoms with E-state index in [1.165, 1.54) is 6.20 Å². The molecular formula is C6H8N3OSe. The quantitative estimate of drug-likeness (QED) is 0.509. The molecule has 0 fully saturated rings. The van der Waals surface area contributed by atoms with Crippen LogP contribution in [0.4, 0.5) is 0 Å². The van der Waals surface area contributed by atoms with Crippen molar-refractivity contribution in [3.63, 3.8) is 0 Å². The van der Waals surface area contributed by atoms with E-state index in [0.717, 1.165) is 0 Å². The second-order valence-corrected chi connectivity index (χ2v) is 3.07. The van der Waals surface area contributed by atoms with Crippen LogP contribution in [0.5, 0.6) is 0 Å². The van der Waals surface area contributed by atoms with E-state index >= 15 is 0 Å². The van der Waals surface area contributed by atoms with Gasteiger partial charge in [-0.3, -0.25) is 0 Å². The molecule has 0 saturated carbocycles. The first kappa shape index (κ1) is 8.46. The van der Waals surface area contributed by atoms with Gasteiger partial charge in [0.05, 0.1) is 0 Å². The molecule has 0 aromatic carbocycles. The Kier molecular flexibility index (Phi) is 2.44. The summed E-state index contributed by atoms with van der Waals surface area (Å²) in [6.07, 6.45) is 1.48. The van der Waals surface area contributed by atoms with Gasteiger partial charge in [-0.05, 0) is 0 Å². The molecule has 0 aromatic heterocycles. The zero-order chi connectivity index (χ0) is 8.43. The molecule has 1 unspecified atom stereocenters. The predicted octanol–water partition coefficient (Wildman–Crippen LogP) is -1.79. The number of nitrogens with one attached hydrogen (secondary N) is 1. The first-order chi connectivity index (χ1) is 5.11. The van der Waals surface area contributed by atoms with E-state index in [1.807, 2.05) is 0 Å². The summed E-state index contributed by atoms with van der Waals surface area (Å²) in [6, 6.07) is -0.271. The summed E-state index contributed by atoms with van der Waals surface area (Å²) in [5.41, 5.74) is 6.00. The molecule has 0 bridgehead atoms. The number of hydrogen-bond donors (Lipinski definition) is 2. The fourth-order valence-corrected chi connectivity index (χ4v) is 1.02. The molecule has 4 nitrogen and oxygen atoms in total. The van der Waals surface area contributed by atoms with Gasteiger partial charge < -0.3 is 0 Å². The molecular weight excluding hydrogens is 209 g/mol. The van der Waals surface area contributed by atoms with Crippen LogP contribution >= 0.6 is 0 Å². The molecule has 0 spiro atoms. The van der Waals surface area contributed by atoms with Gasteiger partial charge in [-0.15, -0.1) is 0 Å². The number of nitrogens with two attached hydrogens (primary N) is 1. The van der Waals surface area contributed by atoms with E-state index in [2.05, 4.69) is 26.2 Å². The second-order valence-electron chi connectivity index (χ2n) is 2.26. The van der Waals surface area contributed by atoms with E-state index in [-0.39, 0.29) is 11.9 Å². The zero-order valence-corrected chi connectivity index (χ0v) is 7.71. The van der Waals surface area contributed by atoms with Crippen molar-refractivity contribution in [2.75, 3.05) is 0 Å². The molecule has 0 aromatic rings. The zero-order valence-electron chi connectivity index (χ0n) is 6.00. The number of nitrogens with zero attached hydrogens (tertiary/aromatic N) is 1. The monoisotopic (exact) mass is 218 g/mol. The fraction of sp³-hybridized carbons (Fsp3) is 0.333. The number of hydrogen-bond acceptors (Lipinski definition) is 2. The van der Waals surface area contributed by atoms with Gasteiger partial charge in [0, 0.05) is 0 Å². The van der Waals surface area contributed by atoms with Crippen LogP contribution in [0, 0.1) is 0 Å². The molecule has 1 amide bonds. The molecule has 0 aliphatic carbocycles. The Labute approximate surface area is 72.6 Å². The van der Waals surface area contributed by atoms with Gasteiger partial charge in [0.1, 0.15) is 0 Å². The molecule has 1 aliphatic heterocycles. The first-order valence-electron chi connectivity index (χ1n) is 3.13. The third-order valence-electron chi connectivity index (χ3n) is 1.29. The van der Waals surface area contributed by atoms with Crippen molar-refractivity contribution >= 4 is 26.1 Å². The predicted molar refractivity (Wildman–Crippen MR) is 42.8 cm³/mol. The molecule has 59 valence electrons. The Hall–Kier alpha value is -0.641. The van der Waals surface area contributed by atoms with E-state index < -0.39 is 0 Å². The fourth-order valence-electron chi connectivity index (χ4n) is 0.713. The van der Waals surface area contributed by atoms with Crippen LogP contribution < -0.4 is 16.4 Å². The number of amides is 1. The summed E-state index contributed by atoms with van der Waals surface area (Å²) in [6.45, 7) is 1.74. The van der Waals surface area contributed by atoms with Crippen LogP contribution in [0.1, 0.15) is 6.92 Å². The molecule has 1 heterocycles. The number of rotatable bonds is 1. The Morgan fingerprint density at radius 2 is 2.45 bits per heavy atom. The molecule has 11 heavy (non-hydrogen) atoms. The minimum absolute atomic E-state index is 0.177. The summed E-state index contributed by atoms with van der Waals surface area (Å²) in [7, 11) is 0. The normalized spacial score (nSPS) is 20.0. The molecule has 1 aliphatic rings. The van der Waals surface area contributed by atoms with E-state index in [9.17, 15) is 4.79 Å². The maximum atomic E-state index is 11.1. The molecule has 1 rings (SSSR count). The van der Waals surface area contributed by atoms with Crippen molar-refractivity contribution in [1.29, 1.82) is 0 Å². The summed E-state index contributed by atoms with van der Waals surface area (Å²) in [5.74, 6) is -0.177. The average molecular weight is 217 g/mol. The van der Waals surface area contributed by atoms with E-state index in [4.69, 9.17) is 5.73 Å². The Bertz CT molecular complexity index is 234. The maximum absolute atomic E-state index is 11.1. The molecule has 1 radical (unpaired) electrons. The van der Waals surface area contributed by atoms with Crippen LogP contribution in [-0.4, -0.2) is 32.2 Å². The van der Waals surface area contributed by atoms with Crippen molar-refractivity contribution in [3.8, 4) is 0 Å². The van der Waals surface area contributed by atoms with E-state index in [1.54, 1.807) is 6.92 Å². The van der Waals surface area contributed by atoms with Crippen LogP contribution in [0.15, 0.2) is 11.8 Å². The first-order valence-corrected chi connectivity index (χ1v) is 3.98. The average Bonchev–Trinajstić information content (AvgIpc) is 1.85. The molecule has 3 N–H and O–H groups in total. The summed E-state index contributed by atoms with van der Waals surface area (Å²) in [4.78, 5) is 11.1. The Morgan fingerprint density at radius 1 is 1.82 bits per heavy atom. The molecule has 1 atom stereocenters. The van der Waals surface area contributed by atoms with Crippen molar-refractivity contribution < 1.29 is 4.79 Å². The third-order valence-corrected chi connectivity index (χ3v) is 1.73. The van der Waals surface area contributed by atoms with Crippen molar-refractivity contribution in [3.05, 3.63) is 11.8 Å². The number of carbonyl (C=O) groups excluding carboxylic acids is 1. The summed E-state index contributed by atoms with van der Waals surface area (Å²) >= 11 is 2.60. The van der Waals surface area contributed by atoms with Crippen LogP contribution in [0.3, 0.4) is 0 Å². The minimum atomic E-state index is -0.271. The third kappa shape index (κ3) is 1.89. The van der Waals surface area contributed by atoms with Crippen LogP contribution in [0.2, 0.25) is 0 Å². The van der Waals surface area contributed by atoms with Crippen LogP contribution in [-0.2, 0) is 4.79 Å². The summed E-state index contributed by atoms with van der Waals surface area (Å²) in [5, 5.41) is 6.39. The van der Waals surface area contributed by atoms with Gasteiger partial charge in [-0.2, -0.15) is 0 Å². The van der Waals surface area contributed by atoms with Gasteiger partial charge in [-0.1, -0.05) is 0 Å². The van der Waals surface area contributed by atoms with Gasteiger partial charge in [-0.25, -0.2) is 0 Å². The molecule has 5 heteroatoms. The topological polar surface area (TPSA) is 69.2 Å². The van der Waals surface area contributed by atoms with Crippen LogP contribution in [0.25, 0.3) is 0 Å². The second kappa shape index (κ2) is 3.17. The number of carbonyl (C=O) groups is 1. The summed E-state index contributed by atoms with van der Waals surface area (Å²) < 4.78 is 0.486. The Morgan fingerprint density at radius 3 is 2.91 bits per heavy atom. The van der Waals surface area contributed by atoms with E-state index in [0.29, 0.717) is 10.2 Å². The van der Waals surface area contributed by atoms with Gasteiger partial charge >= 0.3 is 72.0 Å². The molecule has 0 saturated heterocycles. The van der Waals surface area contributed by atoms with Gasteiger partial charge in [0.15, 0.2) is 0 Å². The SMILES string of the molecule is CC(N)C1=C[N]C(=[Se])NC1=O. The van der Waals surface area contributed by atoms with Crippen molar-refractivity contribution in [2.24, 2.45) is 5.73 Å². The standard InChI is InChI=1S/C6H8N3OSe/c1-3(7)4-2-8-6(11)9-5(4)10/h2-3H,7H2,1H3,(H,9,10,11). The van der Waals surface area contributed by atoms with Gasteiger partial charge in [0.2, 0.25) is 0 Å².